The average Bonchev–Trinajstić information content (AvgIpc) is 2.81. The first-order valence-corrected chi connectivity index (χ1v) is 6.22. The molecule has 1 fully saturated rings. The summed E-state index contributed by atoms with van der Waals surface area (Å²) in [6, 6.07) is 5.79. The van der Waals surface area contributed by atoms with Gasteiger partial charge in [-0.1, -0.05) is 22.0 Å². The minimum atomic E-state index is -0.0669. The van der Waals surface area contributed by atoms with Gasteiger partial charge in [-0.15, -0.1) is 0 Å². The molecule has 1 aromatic rings. The molecule has 2 N–H and O–H groups in total. The Morgan fingerprint density at radius 1 is 1.56 bits per heavy atom. The molecule has 0 aliphatic carbocycles. The number of benzene rings is 1. The Hall–Kier alpha value is -0.580. The van der Waals surface area contributed by atoms with E-state index in [0.29, 0.717) is 0 Å². The van der Waals surface area contributed by atoms with Crippen LogP contribution in [0.4, 0.5) is 0 Å². The lowest BCUT2D eigenvalue weighted by Gasteiger charge is -2.20. The molecule has 16 heavy (non-hydrogen) atoms. The van der Waals surface area contributed by atoms with Gasteiger partial charge >= 0.3 is 0 Å². The maximum Gasteiger partial charge on any atom is 0.120 e. The Morgan fingerprint density at radius 3 is 2.94 bits per heavy atom. The molecule has 3 nitrogen and oxygen atoms in total. The molecule has 1 saturated heterocycles. The van der Waals surface area contributed by atoms with Gasteiger partial charge in [-0.05, 0) is 30.5 Å². The van der Waals surface area contributed by atoms with Crippen LogP contribution in [0.25, 0.3) is 0 Å². The molecule has 2 rings (SSSR count). The Bertz CT molecular complexity index is 364. The number of hydrogen-bond donors (Lipinski definition) is 1. The molecule has 0 saturated carbocycles. The third kappa shape index (κ3) is 2.39. The van der Waals surface area contributed by atoms with Crippen LogP contribution in [0, 0.1) is 0 Å². The average molecular weight is 286 g/mol. The molecule has 1 aromatic carbocycles. The SMILES string of the molecule is COc1ccc(C(N)C2CCCO2)c(Br)c1. The molecule has 0 aromatic heterocycles. The molecule has 0 radical (unpaired) electrons. The van der Waals surface area contributed by atoms with Crippen LogP contribution in [0.5, 0.6) is 5.75 Å². The van der Waals surface area contributed by atoms with Crippen LogP contribution in [0.15, 0.2) is 22.7 Å². The van der Waals surface area contributed by atoms with Gasteiger partial charge in [-0.2, -0.15) is 0 Å². The molecule has 0 bridgehead atoms. The fourth-order valence-corrected chi connectivity index (χ4v) is 2.61. The topological polar surface area (TPSA) is 44.5 Å². The Balaban J connectivity index is 2.19. The van der Waals surface area contributed by atoms with Crippen molar-refractivity contribution in [2.75, 3.05) is 13.7 Å². The van der Waals surface area contributed by atoms with Gasteiger partial charge in [0.1, 0.15) is 5.75 Å². The monoisotopic (exact) mass is 285 g/mol. The Kier molecular flexibility index (Phi) is 3.84. The molecular formula is C12H16BrNO2. The number of rotatable bonds is 3. The molecule has 1 aliphatic rings. The highest BCUT2D eigenvalue weighted by molar-refractivity contribution is 9.10. The van der Waals surface area contributed by atoms with Crippen LogP contribution in [-0.4, -0.2) is 19.8 Å². The highest BCUT2D eigenvalue weighted by atomic mass is 79.9. The van der Waals surface area contributed by atoms with Crippen molar-refractivity contribution < 1.29 is 9.47 Å². The van der Waals surface area contributed by atoms with Crippen molar-refractivity contribution in [1.82, 2.24) is 0 Å². The van der Waals surface area contributed by atoms with E-state index in [1.807, 2.05) is 18.2 Å². The molecule has 4 heteroatoms. The quantitative estimate of drug-likeness (QED) is 0.929. The van der Waals surface area contributed by atoms with E-state index in [1.54, 1.807) is 7.11 Å². The van der Waals surface area contributed by atoms with E-state index in [9.17, 15) is 0 Å². The minimum Gasteiger partial charge on any atom is -0.497 e. The second-order valence-electron chi connectivity index (χ2n) is 3.96. The van der Waals surface area contributed by atoms with Crippen molar-refractivity contribution in [3.63, 3.8) is 0 Å². The van der Waals surface area contributed by atoms with Crippen molar-refractivity contribution in [3.8, 4) is 5.75 Å². The molecular weight excluding hydrogens is 270 g/mol. The van der Waals surface area contributed by atoms with Gasteiger partial charge < -0.3 is 15.2 Å². The summed E-state index contributed by atoms with van der Waals surface area (Å²) in [5, 5.41) is 0. The zero-order valence-corrected chi connectivity index (χ0v) is 10.9. The lowest BCUT2D eigenvalue weighted by atomic mass is 10.0. The number of ether oxygens (including phenoxy) is 2. The van der Waals surface area contributed by atoms with Gasteiger partial charge in [-0.25, -0.2) is 0 Å². The number of halogens is 1. The minimum absolute atomic E-state index is 0.0669. The van der Waals surface area contributed by atoms with E-state index in [-0.39, 0.29) is 12.1 Å². The summed E-state index contributed by atoms with van der Waals surface area (Å²) in [7, 11) is 1.65. The molecule has 0 amide bonds. The lowest BCUT2D eigenvalue weighted by Crippen LogP contribution is -2.25. The van der Waals surface area contributed by atoms with Gasteiger partial charge in [0, 0.05) is 11.1 Å². The van der Waals surface area contributed by atoms with Crippen LogP contribution >= 0.6 is 15.9 Å². The van der Waals surface area contributed by atoms with Crippen LogP contribution in [0.2, 0.25) is 0 Å². The first kappa shape index (κ1) is 11.9. The summed E-state index contributed by atoms with van der Waals surface area (Å²) in [4.78, 5) is 0. The molecule has 88 valence electrons. The second-order valence-corrected chi connectivity index (χ2v) is 4.82. The summed E-state index contributed by atoms with van der Waals surface area (Å²) >= 11 is 3.52. The normalized spacial score (nSPS) is 22.1. The summed E-state index contributed by atoms with van der Waals surface area (Å²) in [5.41, 5.74) is 7.27. The fraction of sp³-hybridized carbons (Fsp3) is 0.500. The highest BCUT2D eigenvalue weighted by Gasteiger charge is 2.25. The molecule has 1 aliphatic heterocycles. The summed E-state index contributed by atoms with van der Waals surface area (Å²) in [5.74, 6) is 0.829. The smallest absolute Gasteiger partial charge is 0.120 e. The Morgan fingerprint density at radius 2 is 2.38 bits per heavy atom. The predicted molar refractivity (Wildman–Crippen MR) is 66.6 cm³/mol. The first-order valence-electron chi connectivity index (χ1n) is 5.43. The summed E-state index contributed by atoms with van der Waals surface area (Å²) in [6.45, 7) is 0.826. The summed E-state index contributed by atoms with van der Waals surface area (Å²) in [6.07, 6.45) is 2.29. The molecule has 2 unspecified atom stereocenters. The van der Waals surface area contributed by atoms with Crippen molar-refractivity contribution in [3.05, 3.63) is 28.2 Å². The zero-order valence-electron chi connectivity index (χ0n) is 9.28. The fourth-order valence-electron chi connectivity index (χ4n) is 1.99. The van der Waals surface area contributed by atoms with Gasteiger partial charge in [0.05, 0.1) is 19.3 Å². The molecule has 2 atom stereocenters. The highest BCUT2D eigenvalue weighted by Crippen LogP contribution is 2.31. The summed E-state index contributed by atoms with van der Waals surface area (Å²) < 4.78 is 11.7. The van der Waals surface area contributed by atoms with Crippen molar-refractivity contribution >= 4 is 15.9 Å². The predicted octanol–water partition coefficient (Wildman–Crippen LogP) is 2.64. The second kappa shape index (κ2) is 5.17. The number of hydrogen-bond acceptors (Lipinski definition) is 3. The van der Waals surface area contributed by atoms with Crippen LogP contribution < -0.4 is 10.5 Å². The van der Waals surface area contributed by atoms with Crippen LogP contribution in [0.1, 0.15) is 24.4 Å². The standard InChI is InChI=1S/C12H16BrNO2/c1-15-8-4-5-9(10(13)7-8)12(14)11-3-2-6-16-11/h4-5,7,11-12H,2-3,6,14H2,1H3. The van der Waals surface area contributed by atoms with E-state index in [0.717, 1.165) is 35.2 Å². The zero-order chi connectivity index (χ0) is 11.5. The largest absolute Gasteiger partial charge is 0.497 e. The van der Waals surface area contributed by atoms with Crippen LogP contribution in [-0.2, 0) is 4.74 Å². The maximum absolute atomic E-state index is 6.20. The van der Waals surface area contributed by atoms with E-state index in [1.165, 1.54) is 0 Å². The van der Waals surface area contributed by atoms with Gasteiger partial charge in [0.2, 0.25) is 0 Å². The molecule has 0 spiro atoms. The number of nitrogens with two attached hydrogens (primary N) is 1. The van der Waals surface area contributed by atoms with Crippen LogP contribution in [0.3, 0.4) is 0 Å². The van der Waals surface area contributed by atoms with E-state index >= 15 is 0 Å². The third-order valence-corrected chi connectivity index (χ3v) is 3.62. The van der Waals surface area contributed by atoms with Gasteiger partial charge in [0.15, 0.2) is 0 Å². The first-order chi connectivity index (χ1) is 7.72. The van der Waals surface area contributed by atoms with Crippen molar-refractivity contribution in [2.45, 2.75) is 25.0 Å². The molecule has 1 heterocycles. The Labute approximate surface area is 104 Å². The van der Waals surface area contributed by atoms with Crippen molar-refractivity contribution in [1.29, 1.82) is 0 Å². The lowest BCUT2D eigenvalue weighted by molar-refractivity contribution is 0.0898. The number of methoxy groups -OCH3 is 1. The van der Waals surface area contributed by atoms with Gasteiger partial charge in [0.25, 0.3) is 0 Å². The van der Waals surface area contributed by atoms with Gasteiger partial charge in [-0.3, -0.25) is 0 Å². The van der Waals surface area contributed by atoms with Crippen molar-refractivity contribution in [2.24, 2.45) is 5.73 Å². The maximum atomic E-state index is 6.20. The van der Waals surface area contributed by atoms with E-state index in [2.05, 4.69) is 15.9 Å². The van der Waals surface area contributed by atoms with E-state index in [4.69, 9.17) is 15.2 Å². The third-order valence-electron chi connectivity index (χ3n) is 2.93. The van der Waals surface area contributed by atoms with E-state index < -0.39 is 0 Å².